The summed E-state index contributed by atoms with van der Waals surface area (Å²) in [7, 11) is 0. The van der Waals surface area contributed by atoms with Gasteiger partial charge in [-0.3, -0.25) is 9.59 Å². The lowest BCUT2D eigenvalue weighted by Crippen LogP contribution is -2.31. The number of aliphatic hydroxyl groups is 1. The van der Waals surface area contributed by atoms with Gasteiger partial charge in [0.25, 0.3) is 0 Å². The molecule has 0 unspecified atom stereocenters. The minimum absolute atomic E-state index is 0.0892. The molecule has 2 heterocycles. The van der Waals surface area contributed by atoms with Gasteiger partial charge in [-0.25, -0.2) is 0 Å². The number of hydrogen-bond donors (Lipinski definition) is 3. The van der Waals surface area contributed by atoms with Crippen molar-refractivity contribution in [1.82, 2.24) is 9.88 Å². The summed E-state index contributed by atoms with van der Waals surface area (Å²) in [6.45, 7) is 0.595. The summed E-state index contributed by atoms with van der Waals surface area (Å²) in [5, 5.41) is 11.5. The van der Waals surface area contributed by atoms with Crippen molar-refractivity contribution in [2.24, 2.45) is 11.7 Å². The van der Waals surface area contributed by atoms with E-state index in [0.29, 0.717) is 11.6 Å². The highest BCUT2D eigenvalue weighted by Gasteiger charge is 2.34. The first kappa shape index (κ1) is 15.8. The van der Waals surface area contributed by atoms with Crippen LogP contribution in [0.3, 0.4) is 0 Å². The predicted octanol–water partition coefficient (Wildman–Crippen LogP) is 1.06. The van der Waals surface area contributed by atoms with E-state index in [4.69, 9.17) is 17.3 Å². The van der Waals surface area contributed by atoms with Crippen molar-refractivity contribution in [3.05, 3.63) is 35.0 Å². The molecule has 1 aliphatic heterocycles. The zero-order valence-corrected chi connectivity index (χ0v) is 13.2. The molecule has 2 aromatic rings. The Morgan fingerprint density at radius 1 is 1.35 bits per heavy atom. The monoisotopic (exact) mass is 335 g/mol. The molecule has 1 aromatic carbocycles. The molecule has 6 nitrogen and oxygen atoms in total. The Labute approximate surface area is 138 Å². The minimum Gasteiger partial charge on any atom is -0.391 e. The van der Waals surface area contributed by atoms with Crippen LogP contribution in [0.4, 0.5) is 0 Å². The average molecular weight is 336 g/mol. The summed E-state index contributed by atoms with van der Waals surface area (Å²) in [5.41, 5.74) is 6.88. The maximum absolute atomic E-state index is 12.4. The number of nitrogens with zero attached hydrogens (tertiary/aromatic N) is 1. The second-order valence-corrected chi connectivity index (χ2v) is 6.44. The van der Waals surface area contributed by atoms with Crippen LogP contribution in [0.5, 0.6) is 0 Å². The molecule has 0 bridgehead atoms. The highest BCUT2D eigenvalue weighted by atomic mass is 35.5. The number of carbonyl (C=O) groups excluding carboxylic acids is 2. The van der Waals surface area contributed by atoms with Crippen LogP contribution in [0, 0.1) is 5.92 Å². The van der Waals surface area contributed by atoms with E-state index in [1.807, 2.05) is 18.2 Å². The van der Waals surface area contributed by atoms with E-state index in [2.05, 4.69) is 4.98 Å². The van der Waals surface area contributed by atoms with Gasteiger partial charge in [-0.1, -0.05) is 11.6 Å². The number of nitrogens with one attached hydrogen (secondary N) is 1. The molecule has 4 N–H and O–H groups in total. The molecule has 122 valence electrons. The highest BCUT2D eigenvalue weighted by molar-refractivity contribution is 6.31. The molecule has 0 saturated carbocycles. The fourth-order valence-corrected chi connectivity index (χ4v) is 3.23. The molecule has 2 atom stereocenters. The van der Waals surface area contributed by atoms with Crippen molar-refractivity contribution in [2.45, 2.75) is 18.9 Å². The standard InChI is InChI=1S/C16H18ClN3O3/c17-11-1-2-13-9(3-11)4-12(19-13)6-16(23)20-7-10(5-15(18)22)14(21)8-20/h1-4,10,14,19,21H,5-8H2,(H2,18,22)/t10-,14-/m1/s1. The van der Waals surface area contributed by atoms with E-state index < -0.39 is 12.0 Å². The van der Waals surface area contributed by atoms with E-state index in [0.717, 1.165) is 16.6 Å². The zero-order valence-electron chi connectivity index (χ0n) is 12.5. The molecule has 7 heteroatoms. The van der Waals surface area contributed by atoms with Crippen LogP contribution >= 0.6 is 11.6 Å². The second-order valence-electron chi connectivity index (χ2n) is 6.00. The number of β-amino-alcohol motifs (C(OH)–C–C–N with tert-alkyl or cyclic N) is 1. The van der Waals surface area contributed by atoms with Crippen LogP contribution in [0.25, 0.3) is 10.9 Å². The van der Waals surface area contributed by atoms with Gasteiger partial charge in [0.2, 0.25) is 11.8 Å². The van der Waals surface area contributed by atoms with Gasteiger partial charge < -0.3 is 20.7 Å². The number of likely N-dealkylation sites (tertiary alicyclic amines) is 1. The smallest absolute Gasteiger partial charge is 0.228 e. The summed E-state index contributed by atoms with van der Waals surface area (Å²) in [5.74, 6) is -0.831. The Kier molecular flexibility index (Phi) is 4.28. The quantitative estimate of drug-likeness (QED) is 0.779. The van der Waals surface area contributed by atoms with Crippen LogP contribution in [0.2, 0.25) is 5.02 Å². The normalized spacial score (nSPS) is 21.0. The number of rotatable bonds is 4. The van der Waals surface area contributed by atoms with Gasteiger partial charge >= 0.3 is 0 Å². The first-order valence-electron chi connectivity index (χ1n) is 7.43. The summed E-state index contributed by atoms with van der Waals surface area (Å²) >= 11 is 5.96. The van der Waals surface area contributed by atoms with E-state index >= 15 is 0 Å². The van der Waals surface area contributed by atoms with Crippen LogP contribution in [0.15, 0.2) is 24.3 Å². The number of benzene rings is 1. The van der Waals surface area contributed by atoms with E-state index in [1.54, 1.807) is 11.0 Å². The number of carbonyl (C=O) groups is 2. The molecule has 1 saturated heterocycles. The molecule has 2 amide bonds. The number of aliphatic hydroxyl groups excluding tert-OH is 1. The summed E-state index contributed by atoms with van der Waals surface area (Å²) in [6.07, 6.45) is -0.397. The minimum atomic E-state index is -0.701. The van der Waals surface area contributed by atoms with Gasteiger partial charge in [0.15, 0.2) is 0 Å². The second kappa shape index (κ2) is 6.22. The number of nitrogens with two attached hydrogens (primary N) is 1. The first-order valence-corrected chi connectivity index (χ1v) is 7.81. The molecule has 0 spiro atoms. The first-order chi connectivity index (χ1) is 10.9. The van der Waals surface area contributed by atoms with Crippen LogP contribution < -0.4 is 5.73 Å². The number of aromatic nitrogens is 1. The predicted molar refractivity (Wildman–Crippen MR) is 86.9 cm³/mol. The molecule has 1 aliphatic rings. The van der Waals surface area contributed by atoms with Gasteiger partial charge in [0.1, 0.15) is 0 Å². The van der Waals surface area contributed by atoms with Crippen molar-refractivity contribution in [1.29, 1.82) is 0 Å². The molecule has 0 radical (unpaired) electrons. The molecule has 3 rings (SSSR count). The lowest BCUT2D eigenvalue weighted by molar-refractivity contribution is -0.130. The third kappa shape index (κ3) is 3.48. The van der Waals surface area contributed by atoms with Gasteiger partial charge in [-0.2, -0.15) is 0 Å². The Hall–Kier alpha value is -2.05. The number of aromatic amines is 1. The van der Waals surface area contributed by atoms with Gasteiger partial charge in [0, 0.05) is 47.0 Å². The Balaban J connectivity index is 1.67. The van der Waals surface area contributed by atoms with Gasteiger partial charge in [0.05, 0.1) is 12.5 Å². The van der Waals surface area contributed by atoms with Crippen molar-refractivity contribution in [3.63, 3.8) is 0 Å². The van der Waals surface area contributed by atoms with Crippen molar-refractivity contribution < 1.29 is 14.7 Å². The maximum atomic E-state index is 12.4. The number of hydrogen-bond acceptors (Lipinski definition) is 3. The molecule has 1 aromatic heterocycles. The van der Waals surface area contributed by atoms with Crippen LogP contribution in [0.1, 0.15) is 12.1 Å². The zero-order chi connectivity index (χ0) is 16.6. The number of halogens is 1. The fraction of sp³-hybridized carbons (Fsp3) is 0.375. The number of primary amides is 1. The maximum Gasteiger partial charge on any atom is 0.228 e. The van der Waals surface area contributed by atoms with E-state index in [9.17, 15) is 14.7 Å². The summed E-state index contributed by atoms with van der Waals surface area (Å²) in [6, 6.07) is 7.39. The lowest BCUT2D eigenvalue weighted by Gasteiger charge is -2.15. The SMILES string of the molecule is NC(=O)C[C@@H]1CN(C(=O)Cc2cc3cc(Cl)ccc3[nH]2)C[C@H]1O. The summed E-state index contributed by atoms with van der Waals surface area (Å²) in [4.78, 5) is 28.1. The largest absolute Gasteiger partial charge is 0.391 e. The lowest BCUT2D eigenvalue weighted by atomic mass is 10.0. The number of H-pyrrole nitrogens is 1. The van der Waals surface area contributed by atoms with Crippen molar-refractivity contribution in [3.8, 4) is 0 Å². The third-order valence-electron chi connectivity index (χ3n) is 4.20. The van der Waals surface area contributed by atoms with Gasteiger partial charge in [-0.15, -0.1) is 0 Å². The number of fused-ring (bicyclic) bond motifs is 1. The Morgan fingerprint density at radius 3 is 2.87 bits per heavy atom. The molecular weight excluding hydrogens is 318 g/mol. The molecular formula is C16H18ClN3O3. The van der Waals surface area contributed by atoms with Crippen molar-refractivity contribution >= 4 is 34.3 Å². The Morgan fingerprint density at radius 2 is 2.13 bits per heavy atom. The topological polar surface area (TPSA) is 99.4 Å². The van der Waals surface area contributed by atoms with Crippen LogP contribution in [-0.4, -0.2) is 46.0 Å². The van der Waals surface area contributed by atoms with E-state index in [-0.39, 0.29) is 31.2 Å². The van der Waals surface area contributed by atoms with Crippen LogP contribution in [-0.2, 0) is 16.0 Å². The third-order valence-corrected chi connectivity index (χ3v) is 4.44. The van der Waals surface area contributed by atoms with E-state index in [1.165, 1.54) is 0 Å². The highest BCUT2D eigenvalue weighted by Crippen LogP contribution is 2.23. The summed E-state index contributed by atoms with van der Waals surface area (Å²) < 4.78 is 0. The average Bonchev–Trinajstić information content (AvgIpc) is 3.01. The van der Waals surface area contributed by atoms with Crippen molar-refractivity contribution in [2.75, 3.05) is 13.1 Å². The fourth-order valence-electron chi connectivity index (χ4n) is 3.05. The molecule has 1 fully saturated rings. The van der Waals surface area contributed by atoms with Gasteiger partial charge in [-0.05, 0) is 24.3 Å². The molecule has 23 heavy (non-hydrogen) atoms. The molecule has 0 aliphatic carbocycles. The number of amides is 2. The Bertz CT molecular complexity index is 758.